The molecule has 1 aliphatic rings. The lowest BCUT2D eigenvalue weighted by Crippen LogP contribution is -2.32. The smallest absolute Gasteiger partial charge is 0.345 e. The number of benzene rings is 3. The van der Waals surface area contributed by atoms with E-state index in [4.69, 9.17) is 9.47 Å². The Labute approximate surface area is 203 Å². The third kappa shape index (κ3) is 5.81. The quantitative estimate of drug-likeness (QED) is 0.220. The fourth-order valence-corrected chi connectivity index (χ4v) is 6.18. The molecule has 0 bridgehead atoms. The molecule has 3 nitrogen and oxygen atoms in total. The summed E-state index contributed by atoms with van der Waals surface area (Å²) in [6.45, 7) is 1.61. The van der Waals surface area contributed by atoms with E-state index in [9.17, 15) is 4.79 Å². The van der Waals surface area contributed by atoms with E-state index in [1.807, 2.05) is 49.4 Å². The van der Waals surface area contributed by atoms with Gasteiger partial charge < -0.3 is 9.47 Å². The van der Waals surface area contributed by atoms with Crippen molar-refractivity contribution in [2.45, 2.75) is 59.3 Å². The zero-order valence-electron chi connectivity index (χ0n) is 19.3. The van der Waals surface area contributed by atoms with Crippen LogP contribution in [0, 0.1) is 17.7 Å². The maximum Gasteiger partial charge on any atom is 0.345 e. The summed E-state index contributed by atoms with van der Waals surface area (Å²) in [5.74, 6) is 5.16. The van der Waals surface area contributed by atoms with Gasteiger partial charge in [-0.05, 0) is 62.1 Å². The molecule has 4 rings (SSSR count). The lowest BCUT2D eigenvalue weighted by atomic mass is 10.0. The van der Waals surface area contributed by atoms with E-state index in [0.29, 0.717) is 6.42 Å². The zero-order chi connectivity index (χ0) is 23.8. The Morgan fingerprint density at radius 3 is 2.12 bits per heavy atom. The first-order chi connectivity index (χ1) is 16.6. The van der Waals surface area contributed by atoms with E-state index >= 15 is 4.39 Å². The van der Waals surface area contributed by atoms with Crippen molar-refractivity contribution in [3.8, 4) is 17.6 Å². The van der Waals surface area contributed by atoms with Gasteiger partial charge in [0.15, 0.2) is 38.5 Å². The molecule has 0 radical (unpaired) electrons. The van der Waals surface area contributed by atoms with Crippen molar-refractivity contribution >= 4 is 16.9 Å². The number of rotatable bonds is 7. The lowest BCUT2D eigenvalue weighted by molar-refractivity contribution is -0.156. The summed E-state index contributed by atoms with van der Waals surface area (Å²) in [5, 5.41) is 0. The number of carbonyl (C=O) groups is 1. The summed E-state index contributed by atoms with van der Waals surface area (Å²) < 4.78 is 26.2. The van der Waals surface area contributed by atoms with E-state index in [-0.39, 0.29) is 12.4 Å². The first-order valence-corrected chi connectivity index (χ1v) is 12.8. The van der Waals surface area contributed by atoms with Crippen molar-refractivity contribution in [1.29, 1.82) is 0 Å². The van der Waals surface area contributed by atoms with E-state index in [1.54, 1.807) is 6.07 Å². The molecule has 5 heteroatoms. The van der Waals surface area contributed by atoms with Crippen LogP contribution in [0.25, 0.3) is 0 Å². The van der Waals surface area contributed by atoms with Crippen LogP contribution in [0.2, 0.25) is 0 Å². The van der Waals surface area contributed by atoms with Crippen LogP contribution in [0.4, 0.5) is 4.39 Å². The van der Waals surface area contributed by atoms with Gasteiger partial charge in [-0.1, -0.05) is 55.2 Å². The summed E-state index contributed by atoms with van der Waals surface area (Å²) in [7, 11) is -0.461. The average Bonchev–Trinajstić information content (AvgIpc) is 3.32. The molecule has 0 heterocycles. The zero-order valence-corrected chi connectivity index (χ0v) is 20.1. The largest absolute Gasteiger partial charge is 0.479 e. The summed E-state index contributed by atoms with van der Waals surface area (Å²) in [6.07, 6.45) is 4.13. The van der Waals surface area contributed by atoms with Crippen LogP contribution in [-0.2, 0) is 20.4 Å². The minimum Gasteiger partial charge on any atom is -0.479 e. The van der Waals surface area contributed by atoms with Crippen LogP contribution in [0.3, 0.4) is 0 Å². The van der Waals surface area contributed by atoms with E-state index < -0.39 is 28.3 Å². The summed E-state index contributed by atoms with van der Waals surface area (Å²) in [5.41, 5.74) is -0.724. The average molecular weight is 476 g/mol. The third-order valence-corrected chi connectivity index (χ3v) is 7.87. The minimum absolute atomic E-state index is 0.0329. The highest BCUT2D eigenvalue weighted by atomic mass is 32.2. The predicted molar refractivity (Wildman–Crippen MR) is 132 cm³/mol. The molecule has 1 aliphatic carbocycles. The number of halogens is 1. The van der Waals surface area contributed by atoms with Crippen molar-refractivity contribution in [2.24, 2.45) is 0 Å². The highest BCUT2D eigenvalue weighted by molar-refractivity contribution is 7.97. The highest BCUT2D eigenvalue weighted by Crippen LogP contribution is 2.34. The normalized spacial score (nSPS) is 14.3. The molecule has 0 aliphatic heterocycles. The van der Waals surface area contributed by atoms with Crippen molar-refractivity contribution in [1.82, 2.24) is 0 Å². The lowest BCUT2D eigenvalue weighted by Gasteiger charge is -2.23. The first-order valence-electron chi connectivity index (χ1n) is 11.6. The SMILES string of the molecule is CCC#CC1(OC(=O)COc2ccc([S+](c3ccccc3)c3ccccc3)cc2F)CCCC1. The number of esters is 1. The molecule has 0 atom stereocenters. The Hall–Kier alpha value is -3.23. The van der Waals surface area contributed by atoms with Crippen molar-refractivity contribution in [3.05, 3.63) is 84.7 Å². The van der Waals surface area contributed by atoms with E-state index in [0.717, 1.165) is 40.4 Å². The van der Waals surface area contributed by atoms with Crippen LogP contribution < -0.4 is 4.74 Å². The van der Waals surface area contributed by atoms with Crippen LogP contribution in [-0.4, -0.2) is 18.2 Å². The Balaban J connectivity index is 1.49. The maximum atomic E-state index is 15.0. The highest BCUT2D eigenvalue weighted by Gasteiger charge is 2.36. The Bertz CT molecular complexity index is 1120. The number of ether oxygens (including phenoxy) is 2. The molecule has 0 aromatic heterocycles. The number of hydrogen-bond acceptors (Lipinski definition) is 3. The van der Waals surface area contributed by atoms with E-state index in [2.05, 4.69) is 36.1 Å². The second-order valence-corrected chi connectivity index (χ2v) is 10.2. The predicted octanol–water partition coefficient (Wildman–Crippen LogP) is 6.57. The topological polar surface area (TPSA) is 35.5 Å². The molecule has 0 spiro atoms. The van der Waals surface area contributed by atoms with Crippen LogP contribution >= 0.6 is 0 Å². The second-order valence-electron chi connectivity index (χ2n) is 8.14. The Morgan fingerprint density at radius 1 is 0.941 bits per heavy atom. The van der Waals surface area contributed by atoms with Gasteiger partial charge in [-0.2, -0.15) is 0 Å². The summed E-state index contributed by atoms with van der Waals surface area (Å²) in [4.78, 5) is 15.5. The first kappa shape index (κ1) is 23.9. The summed E-state index contributed by atoms with van der Waals surface area (Å²) in [6, 6.07) is 25.0. The molecule has 0 saturated heterocycles. The molecule has 34 heavy (non-hydrogen) atoms. The van der Waals surface area contributed by atoms with Gasteiger partial charge in [0.25, 0.3) is 0 Å². The van der Waals surface area contributed by atoms with Gasteiger partial charge in [-0.25, -0.2) is 9.18 Å². The third-order valence-electron chi connectivity index (χ3n) is 5.66. The standard InChI is InChI=1S/C29H28FO3S/c1-2-3-18-29(19-10-11-20-29)33-28(31)22-32-27-17-16-25(21-26(27)30)34(23-12-6-4-7-13-23)24-14-8-5-9-15-24/h4-9,12-17,21H,2,10-11,19-20,22H2,1H3/q+1. The molecule has 0 unspecified atom stereocenters. The van der Waals surface area contributed by atoms with Gasteiger partial charge in [-0.3, -0.25) is 0 Å². The van der Waals surface area contributed by atoms with Gasteiger partial charge in [0.2, 0.25) is 0 Å². The van der Waals surface area contributed by atoms with Gasteiger partial charge in [0.05, 0.1) is 10.9 Å². The second kappa shape index (κ2) is 11.3. The van der Waals surface area contributed by atoms with Gasteiger partial charge >= 0.3 is 5.97 Å². The minimum atomic E-state index is -0.724. The van der Waals surface area contributed by atoms with Gasteiger partial charge in [-0.15, -0.1) is 0 Å². The molecule has 1 fully saturated rings. The summed E-state index contributed by atoms with van der Waals surface area (Å²) >= 11 is 0. The fraction of sp³-hybridized carbons (Fsp3) is 0.276. The van der Waals surface area contributed by atoms with Crippen LogP contribution in [0.5, 0.6) is 5.75 Å². The van der Waals surface area contributed by atoms with Crippen molar-refractivity contribution in [2.75, 3.05) is 6.61 Å². The molecular formula is C29H28FO3S+. The van der Waals surface area contributed by atoms with Gasteiger partial charge in [0.1, 0.15) is 0 Å². The monoisotopic (exact) mass is 475 g/mol. The molecule has 1 saturated carbocycles. The molecule has 3 aromatic carbocycles. The maximum absolute atomic E-state index is 15.0. The molecule has 0 amide bonds. The van der Waals surface area contributed by atoms with Crippen molar-refractivity contribution in [3.63, 3.8) is 0 Å². The Morgan fingerprint density at radius 2 is 1.56 bits per heavy atom. The molecule has 174 valence electrons. The van der Waals surface area contributed by atoms with Crippen molar-refractivity contribution < 1.29 is 18.7 Å². The number of carbonyl (C=O) groups excluding carboxylic acids is 1. The molecule has 3 aromatic rings. The van der Waals surface area contributed by atoms with Crippen LogP contribution in [0.15, 0.2) is 93.5 Å². The number of hydrogen-bond donors (Lipinski definition) is 0. The molecular weight excluding hydrogens is 447 g/mol. The van der Waals surface area contributed by atoms with Crippen LogP contribution in [0.1, 0.15) is 39.0 Å². The molecule has 0 N–H and O–H groups in total. The Kier molecular flexibility index (Phi) is 7.92. The van der Waals surface area contributed by atoms with E-state index in [1.165, 1.54) is 6.07 Å². The fourth-order valence-electron chi connectivity index (χ4n) is 4.08. The van der Waals surface area contributed by atoms with Gasteiger partial charge in [0, 0.05) is 12.5 Å².